The number of ether oxygens (including phenoxy) is 2. The Morgan fingerprint density at radius 3 is 2.83 bits per heavy atom. The second-order valence-corrected chi connectivity index (χ2v) is 6.67. The van der Waals surface area contributed by atoms with Crippen LogP contribution >= 0.6 is 11.8 Å². The van der Waals surface area contributed by atoms with Crippen molar-refractivity contribution >= 4 is 17.7 Å². The van der Waals surface area contributed by atoms with Gasteiger partial charge in [0.2, 0.25) is 0 Å². The van der Waals surface area contributed by atoms with Gasteiger partial charge in [-0.2, -0.15) is 11.8 Å². The number of hydrogen-bond donors (Lipinski definition) is 1. The fourth-order valence-electron chi connectivity index (χ4n) is 2.69. The van der Waals surface area contributed by atoms with Crippen molar-refractivity contribution in [1.82, 2.24) is 5.32 Å². The molecule has 5 heteroatoms. The van der Waals surface area contributed by atoms with Crippen LogP contribution in [0.2, 0.25) is 0 Å². The van der Waals surface area contributed by atoms with Gasteiger partial charge in [0.1, 0.15) is 5.54 Å². The first kappa shape index (κ1) is 14.2. The second-order valence-electron chi connectivity index (χ2n) is 5.07. The Balaban J connectivity index is 1.94. The Kier molecular flexibility index (Phi) is 4.92. The summed E-state index contributed by atoms with van der Waals surface area (Å²) >= 11 is 1.99. The molecular weight excluding hydrogens is 250 g/mol. The number of carbonyl (C=O) groups is 1. The molecule has 4 nitrogen and oxygen atoms in total. The molecule has 1 aliphatic carbocycles. The van der Waals surface area contributed by atoms with Crippen molar-refractivity contribution in [3.63, 3.8) is 0 Å². The average molecular weight is 273 g/mol. The molecule has 1 aliphatic heterocycles. The Bertz CT molecular complexity index is 296. The topological polar surface area (TPSA) is 47.6 Å². The first-order chi connectivity index (χ1) is 8.70. The molecule has 0 aromatic heterocycles. The van der Waals surface area contributed by atoms with Crippen LogP contribution in [0.15, 0.2) is 0 Å². The molecule has 2 aliphatic rings. The Hall–Kier alpha value is -0.260. The maximum atomic E-state index is 12.1. The van der Waals surface area contributed by atoms with E-state index in [1.54, 1.807) is 0 Å². The summed E-state index contributed by atoms with van der Waals surface area (Å²) in [6.07, 6.45) is 4.05. The lowest BCUT2D eigenvalue weighted by Crippen LogP contribution is -2.55. The van der Waals surface area contributed by atoms with E-state index in [1.165, 1.54) is 6.42 Å². The maximum Gasteiger partial charge on any atom is 0.326 e. The van der Waals surface area contributed by atoms with Crippen molar-refractivity contribution in [2.75, 3.05) is 26.9 Å². The zero-order valence-corrected chi connectivity index (χ0v) is 12.1. The van der Waals surface area contributed by atoms with Gasteiger partial charge in [0, 0.05) is 5.25 Å². The quantitative estimate of drug-likeness (QED) is 0.771. The zero-order valence-electron chi connectivity index (χ0n) is 11.2. The van der Waals surface area contributed by atoms with Gasteiger partial charge in [-0.3, -0.25) is 4.79 Å². The largest absolute Gasteiger partial charge is 0.465 e. The predicted molar refractivity (Wildman–Crippen MR) is 72.9 cm³/mol. The molecule has 0 spiro atoms. The van der Waals surface area contributed by atoms with E-state index in [0.29, 0.717) is 17.1 Å². The first-order valence-corrected chi connectivity index (χ1v) is 7.74. The van der Waals surface area contributed by atoms with Crippen molar-refractivity contribution in [2.24, 2.45) is 0 Å². The summed E-state index contributed by atoms with van der Waals surface area (Å²) in [6, 6.07) is 0. The van der Waals surface area contributed by atoms with Crippen molar-refractivity contribution in [2.45, 2.75) is 48.6 Å². The minimum absolute atomic E-state index is 0.0809. The number of likely N-dealkylation sites (N-methyl/N-ethyl adjacent to an activating group) is 1. The Labute approximate surface area is 113 Å². The van der Waals surface area contributed by atoms with Crippen molar-refractivity contribution in [3.8, 4) is 0 Å². The number of thioether (sulfide) groups is 1. The van der Waals surface area contributed by atoms with Crippen molar-refractivity contribution in [1.29, 1.82) is 0 Å². The summed E-state index contributed by atoms with van der Waals surface area (Å²) in [5.74, 6) is -0.0809. The van der Waals surface area contributed by atoms with Gasteiger partial charge in [-0.15, -0.1) is 0 Å². The second kappa shape index (κ2) is 6.26. The third-order valence-corrected chi connectivity index (χ3v) is 5.29. The summed E-state index contributed by atoms with van der Waals surface area (Å²) in [5.41, 5.74) is -0.462. The van der Waals surface area contributed by atoms with E-state index in [-0.39, 0.29) is 5.97 Å². The van der Waals surface area contributed by atoms with Crippen LogP contribution < -0.4 is 5.32 Å². The van der Waals surface area contributed by atoms with Gasteiger partial charge in [0.15, 0.2) is 0 Å². The minimum Gasteiger partial charge on any atom is -0.465 e. The van der Waals surface area contributed by atoms with Crippen LogP contribution in [0.25, 0.3) is 0 Å². The summed E-state index contributed by atoms with van der Waals surface area (Å²) in [7, 11) is 1.87. The van der Waals surface area contributed by atoms with Gasteiger partial charge in [0.25, 0.3) is 0 Å². The first-order valence-electron chi connectivity index (χ1n) is 6.79. The van der Waals surface area contributed by atoms with Crippen LogP contribution in [-0.4, -0.2) is 48.9 Å². The molecule has 0 aromatic rings. The fraction of sp³-hybridized carbons (Fsp3) is 0.923. The molecule has 2 atom stereocenters. The molecule has 2 unspecified atom stereocenters. The summed E-state index contributed by atoms with van der Waals surface area (Å²) in [6.45, 7) is 4.05. The third kappa shape index (κ3) is 3.00. The van der Waals surface area contributed by atoms with Crippen molar-refractivity contribution < 1.29 is 14.3 Å². The van der Waals surface area contributed by atoms with Gasteiger partial charge < -0.3 is 14.8 Å². The molecule has 0 radical (unpaired) electrons. The monoisotopic (exact) mass is 273 g/mol. The molecule has 1 N–H and O–H groups in total. The van der Waals surface area contributed by atoms with Gasteiger partial charge in [-0.25, -0.2) is 0 Å². The van der Waals surface area contributed by atoms with Crippen LogP contribution in [0.3, 0.4) is 0 Å². The van der Waals surface area contributed by atoms with E-state index >= 15 is 0 Å². The van der Waals surface area contributed by atoms with Crippen LogP contribution in [0.4, 0.5) is 0 Å². The molecule has 0 amide bonds. The summed E-state index contributed by atoms with van der Waals surface area (Å²) in [5, 5.41) is 4.40. The number of carbonyl (C=O) groups excluding carboxylic acids is 1. The third-order valence-electron chi connectivity index (χ3n) is 3.84. The number of esters is 1. The lowest BCUT2D eigenvalue weighted by atomic mass is 9.81. The molecule has 1 heterocycles. The van der Waals surface area contributed by atoms with Crippen LogP contribution in [0.5, 0.6) is 0 Å². The molecule has 104 valence electrons. The Morgan fingerprint density at radius 2 is 2.28 bits per heavy atom. The standard InChI is InChI=1S/C13H23NO3S/c1-3-17-12(15)13(14-2)6-4-5-10(7-13)18-11-8-16-9-11/h10-11,14H,3-9H2,1-2H3. The lowest BCUT2D eigenvalue weighted by molar-refractivity contribution is -0.152. The number of nitrogens with one attached hydrogen (secondary N) is 1. The number of rotatable bonds is 5. The molecule has 0 bridgehead atoms. The van der Waals surface area contributed by atoms with Crippen LogP contribution in [0, 0.1) is 0 Å². The van der Waals surface area contributed by atoms with Gasteiger partial charge in [-0.1, -0.05) is 0 Å². The fourth-order valence-corrected chi connectivity index (χ4v) is 4.27. The lowest BCUT2D eigenvalue weighted by Gasteiger charge is -2.40. The van der Waals surface area contributed by atoms with Gasteiger partial charge >= 0.3 is 5.97 Å². The SMILES string of the molecule is CCOC(=O)C1(NC)CCCC(SC2COC2)C1. The normalized spacial score (nSPS) is 32.9. The molecule has 2 fully saturated rings. The number of hydrogen-bond acceptors (Lipinski definition) is 5. The summed E-state index contributed by atoms with van der Waals surface area (Å²) in [4.78, 5) is 12.1. The molecule has 2 rings (SSSR count). The Morgan fingerprint density at radius 1 is 1.50 bits per heavy atom. The summed E-state index contributed by atoms with van der Waals surface area (Å²) < 4.78 is 10.4. The van der Waals surface area contributed by atoms with E-state index in [0.717, 1.165) is 32.5 Å². The van der Waals surface area contributed by atoms with E-state index in [4.69, 9.17) is 9.47 Å². The zero-order chi connectivity index (χ0) is 13.0. The van der Waals surface area contributed by atoms with E-state index < -0.39 is 5.54 Å². The highest BCUT2D eigenvalue weighted by Crippen LogP contribution is 2.38. The van der Waals surface area contributed by atoms with Crippen molar-refractivity contribution in [3.05, 3.63) is 0 Å². The van der Waals surface area contributed by atoms with E-state index in [9.17, 15) is 4.79 Å². The molecule has 1 saturated heterocycles. The molecular formula is C13H23NO3S. The van der Waals surface area contributed by atoms with Crippen LogP contribution in [-0.2, 0) is 14.3 Å². The average Bonchev–Trinajstić information content (AvgIpc) is 2.34. The smallest absolute Gasteiger partial charge is 0.326 e. The van der Waals surface area contributed by atoms with E-state index in [2.05, 4.69) is 5.32 Å². The predicted octanol–water partition coefficient (Wildman–Crippen LogP) is 1.58. The minimum atomic E-state index is -0.462. The van der Waals surface area contributed by atoms with Crippen LogP contribution in [0.1, 0.15) is 32.6 Å². The maximum absolute atomic E-state index is 12.1. The molecule has 1 saturated carbocycles. The molecule has 0 aromatic carbocycles. The molecule has 18 heavy (non-hydrogen) atoms. The van der Waals surface area contributed by atoms with Gasteiger partial charge in [0.05, 0.1) is 25.1 Å². The highest BCUT2D eigenvalue weighted by atomic mass is 32.2. The highest BCUT2D eigenvalue weighted by molar-refractivity contribution is 8.00. The van der Waals surface area contributed by atoms with Gasteiger partial charge in [-0.05, 0) is 39.7 Å². The van der Waals surface area contributed by atoms with E-state index in [1.807, 2.05) is 25.7 Å². The highest BCUT2D eigenvalue weighted by Gasteiger charge is 2.43.